The van der Waals surface area contributed by atoms with Crippen molar-refractivity contribution in [2.75, 3.05) is 18.0 Å². The first-order valence-electron chi connectivity index (χ1n) is 11.9. The van der Waals surface area contributed by atoms with E-state index in [-0.39, 0.29) is 0 Å². The van der Waals surface area contributed by atoms with Crippen LogP contribution in [-0.2, 0) is 0 Å². The minimum atomic E-state index is 0.446. The summed E-state index contributed by atoms with van der Waals surface area (Å²) in [7, 11) is 0. The van der Waals surface area contributed by atoms with Crippen LogP contribution in [0.25, 0.3) is 28.7 Å². The van der Waals surface area contributed by atoms with Crippen molar-refractivity contribution in [3.05, 3.63) is 69.9 Å². The Morgan fingerprint density at radius 3 is 2.40 bits per heavy atom. The third-order valence-corrected chi connectivity index (χ3v) is 8.11. The molecule has 7 rings (SSSR count). The van der Waals surface area contributed by atoms with E-state index in [9.17, 15) is 0 Å². The van der Waals surface area contributed by atoms with Crippen LogP contribution < -0.4 is 4.90 Å². The van der Waals surface area contributed by atoms with E-state index in [4.69, 9.17) is 27.7 Å². The van der Waals surface area contributed by atoms with Crippen LogP contribution in [0.5, 0.6) is 0 Å². The maximum Gasteiger partial charge on any atom is 0.204 e. The predicted molar refractivity (Wildman–Crippen MR) is 135 cm³/mol. The van der Waals surface area contributed by atoms with E-state index in [0.717, 1.165) is 54.1 Å². The normalized spacial score (nSPS) is 23.3. The number of anilines is 1. The standard InChI is InChI=1S/C26H22Cl2N6O/c27-21-2-1-3-22(28)23(21)24-18(25(35-31-24)14-4-5-14)11-10-17-19-12-34(13-20(17)19)16-8-6-15(7-9-16)26-29-32-33-30-26/h1-3,6-11,14,17,19-20H,4-5,12-13H2,(H,29,30,32,33)/b11-10+. The van der Waals surface area contributed by atoms with Crippen molar-refractivity contribution in [1.29, 1.82) is 0 Å². The van der Waals surface area contributed by atoms with E-state index in [1.807, 2.05) is 30.3 Å². The third-order valence-electron chi connectivity index (χ3n) is 7.48. The molecule has 2 atom stereocenters. The molecule has 0 bridgehead atoms. The maximum atomic E-state index is 6.50. The van der Waals surface area contributed by atoms with Gasteiger partial charge in [-0.15, -0.1) is 10.2 Å². The van der Waals surface area contributed by atoms with Gasteiger partial charge in [0.15, 0.2) is 0 Å². The fourth-order valence-electron chi connectivity index (χ4n) is 5.40. The van der Waals surface area contributed by atoms with E-state index in [2.05, 4.69) is 55.0 Å². The van der Waals surface area contributed by atoms with Crippen molar-refractivity contribution in [3.8, 4) is 22.6 Å². The molecule has 3 fully saturated rings. The molecule has 1 N–H and O–H groups in total. The molecule has 9 heteroatoms. The molecule has 1 saturated heterocycles. The van der Waals surface area contributed by atoms with Gasteiger partial charge in [0.05, 0.1) is 10.0 Å². The minimum Gasteiger partial charge on any atom is -0.371 e. The molecule has 2 aliphatic carbocycles. The quantitative estimate of drug-likeness (QED) is 0.341. The molecule has 0 radical (unpaired) electrons. The van der Waals surface area contributed by atoms with Crippen molar-refractivity contribution >= 4 is 35.0 Å². The number of allylic oxidation sites excluding steroid dienone is 1. The zero-order chi connectivity index (χ0) is 23.5. The van der Waals surface area contributed by atoms with Gasteiger partial charge in [-0.3, -0.25) is 0 Å². The van der Waals surface area contributed by atoms with Gasteiger partial charge in [0.1, 0.15) is 11.5 Å². The molecular weight excluding hydrogens is 483 g/mol. The van der Waals surface area contributed by atoms with Crippen LogP contribution in [-0.4, -0.2) is 38.9 Å². The first kappa shape index (κ1) is 21.1. The molecule has 3 aliphatic rings. The Balaban J connectivity index is 1.08. The number of nitrogens with one attached hydrogen (secondary N) is 1. The topological polar surface area (TPSA) is 83.7 Å². The molecule has 1 aliphatic heterocycles. The Morgan fingerprint density at radius 1 is 1.00 bits per heavy atom. The van der Waals surface area contributed by atoms with Crippen molar-refractivity contribution in [2.45, 2.75) is 18.8 Å². The largest absolute Gasteiger partial charge is 0.371 e. The summed E-state index contributed by atoms with van der Waals surface area (Å²) in [5.41, 5.74) is 4.71. The maximum absolute atomic E-state index is 6.50. The highest BCUT2D eigenvalue weighted by atomic mass is 35.5. The smallest absolute Gasteiger partial charge is 0.204 e. The van der Waals surface area contributed by atoms with Crippen molar-refractivity contribution in [2.24, 2.45) is 17.8 Å². The molecular formula is C26H22Cl2N6O. The third kappa shape index (κ3) is 3.74. The summed E-state index contributed by atoms with van der Waals surface area (Å²) in [6.07, 6.45) is 6.83. The van der Waals surface area contributed by atoms with Gasteiger partial charge < -0.3 is 9.42 Å². The van der Waals surface area contributed by atoms with Gasteiger partial charge in [0, 0.05) is 41.4 Å². The van der Waals surface area contributed by atoms with Crippen LogP contribution in [0.1, 0.15) is 30.1 Å². The van der Waals surface area contributed by atoms with E-state index in [1.165, 1.54) is 5.69 Å². The summed E-state index contributed by atoms with van der Waals surface area (Å²) in [6.45, 7) is 2.12. The van der Waals surface area contributed by atoms with E-state index in [1.54, 1.807) is 0 Å². The number of hydrogen-bond donors (Lipinski definition) is 1. The summed E-state index contributed by atoms with van der Waals surface area (Å²) in [5.74, 6) is 3.92. The Morgan fingerprint density at radius 2 is 1.74 bits per heavy atom. The number of H-pyrrole nitrogens is 1. The molecule has 35 heavy (non-hydrogen) atoms. The van der Waals surface area contributed by atoms with Crippen LogP contribution in [0.2, 0.25) is 10.0 Å². The lowest BCUT2D eigenvalue weighted by molar-refractivity contribution is 0.386. The second-order valence-corrected chi connectivity index (χ2v) is 10.4. The minimum absolute atomic E-state index is 0.446. The zero-order valence-electron chi connectivity index (χ0n) is 18.7. The zero-order valence-corrected chi connectivity index (χ0v) is 20.2. The van der Waals surface area contributed by atoms with Crippen LogP contribution in [0, 0.1) is 17.8 Å². The molecule has 2 aromatic carbocycles. The summed E-state index contributed by atoms with van der Waals surface area (Å²) >= 11 is 13.0. The Hall–Kier alpha value is -3.16. The molecule has 176 valence electrons. The number of nitrogens with zero attached hydrogens (tertiary/aromatic N) is 5. The monoisotopic (exact) mass is 504 g/mol. The lowest BCUT2D eigenvalue weighted by Gasteiger charge is -2.21. The number of benzene rings is 2. The van der Waals surface area contributed by atoms with Gasteiger partial charge in [-0.25, -0.2) is 0 Å². The van der Waals surface area contributed by atoms with Crippen molar-refractivity contribution < 1.29 is 4.52 Å². The highest BCUT2D eigenvalue weighted by Gasteiger charge is 2.54. The molecule has 7 nitrogen and oxygen atoms in total. The van der Waals surface area contributed by atoms with Gasteiger partial charge in [-0.05, 0) is 72.2 Å². The number of aromatic nitrogens is 5. The second-order valence-electron chi connectivity index (χ2n) is 9.63. The number of halogens is 2. The average Bonchev–Trinajstić information content (AvgIpc) is 3.57. The molecule has 4 aromatic rings. The fourth-order valence-corrected chi connectivity index (χ4v) is 5.97. The number of aromatic amines is 1. The predicted octanol–water partition coefficient (Wildman–Crippen LogP) is 6.10. The number of fused-ring (bicyclic) bond motifs is 1. The van der Waals surface area contributed by atoms with Gasteiger partial charge in [-0.2, -0.15) is 5.21 Å². The fraction of sp³-hybridized carbons (Fsp3) is 0.308. The second kappa shape index (κ2) is 8.21. The van der Waals surface area contributed by atoms with E-state index in [0.29, 0.717) is 39.5 Å². The summed E-state index contributed by atoms with van der Waals surface area (Å²) in [6, 6.07) is 13.9. The first-order valence-corrected chi connectivity index (χ1v) is 12.6. The van der Waals surface area contributed by atoms with Gasteiger partial charge in [0.2, 0.25) is 5.82 Å². The Kier molecular flexibility index (Phi) is 4.96. The van der Waals surface area contributed by atoms with Crippen LogP contribution in [0.15, 0.2) is 53.1 Å². The van der Waals surface area contributed by atoms with Gasteiger partial charge in [-0.1, -0.05) is 46.6 Å². The lowest BCUT2D eigenvalue weighted by atomic mass is 10.0. The highest BCUT2D eigenvalue weighted by molar-refractivity contribution is 6.39. The number of hydrogen-bond acceptors (Lipinski definition) is 6. The molecule has 2 saturated carbocycles. The van der Waals surface area contributed by atoms with Crippen LogP contribution >= 0.6 is 23.2 Å². The molecule has 0 spiro atoms. The van der Waals surface area contributed by atoms with Crippen molar-refractivity contribution in [3.63, 3.8) is 0 Å². The first-order chi connectivity index (χ1) is 17.2. The molecule has 2 aromatic heterocycles. The lowest BCUT2D eigenvalue weighted by Crippen LogP contribution is -2.23. The van der Waals surface area contributed by atoms with Gasteiger partial charge >= 0.3 is 0 Å². The molecule has 0 amide bonds. The Labute approximate surface area is 212 Å². The number of rotatable bonds is 6. The Bertz CT molecular complexity index is 1380. The van der Waals surface area contributed by atoms with Gasteiger partial charge in [0.25, 0.3) is 0 Å². The van der Waals surface area contributed by atoms with Crippen molar-refractivity contribution in [1.82, 2.24) is 25.8 Å². The number of tetrazole rings is 1. The average molecular weight is 505 g/mol. The van der Waals surface area contributed by atoms with E-state index >= 15 is 0 Å². The summed E-state index contributed by atoms with van der Waals surface area (Å²) < 4.78 is 5.80. The summed E-state index contributed by atoms with van der Waals surface area (Å²) in [5, 5.41) is 19.8. The molecule has 2 unspecified atom stereocenters. The highest BCUT2D eigenvalue weighted by Crippen LogP contribution is 2.54. The number of piperidine rings is 1. The SMILES string of the molecule is Clc1cccc(Cl)c1-c1noc(C2CC2)c1/C=C/C1C2CN(c3ccc(-c4nn[nH]n4)cc3)CC12. The summed E-state index contributed by atoms with van der Waals surface area (Å²) in [4.78, 5) is 2.46. The van der Waals surface area contributed by atoms with E-state index < -0.39 is 0 Å². The van der Waals surface area contributed by atoms with Crippen LogP contribution in [0.3, 0.4) is 0 Å². The van der Waals surface area contributed by atoms with Crippen LogP contribution in [0.4, 0.5) is 5.69 Å². The molecule has 3 heterocycles.